The van der Waals surface area contributed by atoms with Crippen molar-refractivity contribution >= 4 is 17.5 Å². The third kappa shape index (κ3) is 3.88. The first-order valence-electron chi connectivity index (χ1n) is 8.35. The zero-order valence-corrected chi connectivity index (χ0v) is 14.4. The smallest absolute Gasteiger partial charge is 0.338 e. The van der Waals surface area contributed by atoms with E-state index < -0.39 is 10.9 Å². The maximum Gasteiger partial charge on any atom is 0.338 e. The number of hydrogen-bond donors (Lipinski definition) is 1. The minimum absolute atomic E-state index is 0.0108. The molecule has 7 heteroatoms. The molecule has 26 heavy (non-hydrogen) atoms. The van der Waals surface area contributed by atoms with Gasteiger partial charge in [0, 0.05) is 23.7 Å². The largest absolute Gasteiger partial charge is 0.462 e. The number of rotatable bonds is 6. The number of aryl methyl sites for hydroxylation is 1. The number of carbonyl (C=O) groups is 1. The van der Waals surface area contributed by atoms with Crippen molar-refractivity contribution in [2.45, 2.75) is 19.9 Å². The average Bonchev–Trinajstić information content (AvgIpc) is 3.04. The van der Waals surface area contributed by atoms with E-state index in [9.17, 15) is 14.9 Å². The fourth-order valence-electron chi connectivity index (χ4n) is 2.80. The van der Waals surface area contributed by atoms with Gasteiger partial charge >= 0.3 is 5.97 Å². The summed E-state index contributed by atoms with van der Waals surface area (Å²) in [5, 5.41) is 14.1. The molecule has 0 radical (unpaired) electrons. The fourth-order valence-corrected chi connectivity index (χ4v) is 2.80. The molecule has 1 aliphatic heterocycles. The Kier molecular flexibility index (Phi) is 5.26. The van der Waals surface area contributed by atoms with Gasteiger partial charge in [-0.25, -0.2) is 4.79 Å². The van der Waals surface area contributed by atoms with E-state index in [4.69, 9.17) is 4.74 Å². The van der Waals surface area contributed by atoms with Crippen molar-refractivity contribution in [2.24, 2.45) is 4.99 Å². The lowest BCUT2D eigenvalue weighted by atomic mass is 10.1. The van der Waals surface area contributed by atoms with E-state index in [0.29, 0.717) is 30.6 Å². The number of aliphatic imine (C=N–C) groups is 1. The van der Waals surface area contributed by atoms with Crippen molar-refractivity contribution in [1.29, 1.82) is 0 Å². The van der Waals surface area contributed by atoms with Crippen molar-refractivity contribution in [2.75, 3.05) is 13.2 Å². The van der Waals surface area contributed by atoms with Crippen LogP contribution in [0, 0.1) is 17.0 Å². The van der Waals surface area contributed by atoms with Gasteiger partial charge in [0.05, 0.1) is 23.6 Å². The average molecular weight is 353 g/mol. The van der Waals surface area contributed by atoms with Gasteiger partial charge in [0.2, 0.25) is 0 Å². The molecule has 0 atom stereocenters. The van der Waals surface area contributed by atoms with Crippen LogP contribution >= 0.6 is 0 Å². The molecule has 0 saturated carbocycles. The number of benzene rings is 2. The summed E-state index contributed by atoms with van der Waals surface area (Å²) in [5.74, 6) is 0.393. The normalized spacial score (nSPS) is 12.3. The zero-order chi connectivity index (χ0) is 18.5. The number of nitro benzene ring substituents is 1. The summed E-state index contributed by atoms with van der Waals surface area (Å²) >= 11 is 0. The van der Waals surface area contributed by atoms with Crippen molar-refractivity contribution in [3.63, 3.8) is 0 Å². The van der Waals surface area contributed by atoms with Crippen LogP contribution in [0.15, 0.2) is 47.5 Å². The molecule has 3 rings (SSSR count). The van der Waals surface area contributed by atoms with E-state index in [0.717, 1.165) is 11.4 Å². The van der Waals surface area contributed by atoms with Crippen molar-refractivity contribution in [3.8, 4) is 0 Å². The van der Waals surface area contributed by atoms with Crippen LogP contribution in [0.5, 0.6) is 0 Å². The highest BCUT2D eigenvalue weighted by Crippen LogP contribution is 2.19. The van der Waals surface area contributed by atoms with Gasteiger partial charge in [0.25, 0.3) is 5.69 Å². The second-order valence-electron chi connectivity index (χ2n) is 6.00. The first kappa shape index (κ1) is 17.6. The lowest BCUT2D eigenvalue weighted by molar-refractivity contribution is -0.385. The highest BCUT2D eigenvalue weighted by atomic mass is 16.6. The Bertz CT molecular complexity index is 877. The summed E-state index contributed by atoms with van der Waals surface area (Å²) in [7, 11) is 0. The Balaban J connectivity index is 1.44. The predicted octanol–water partition coefficient (Wildman–Crippen LogP) is 3.00. The van der Waals surface area contributed by atoms with Crippen molar-refractivity contribution in [3.05, 3.63) is 74.8 Å². The molecule has 1 aliphatic rings. The molecule has 0 aliphatic carbocycles. The quantitative estimate of drug-likeness (QED) is 0.373. The number of amidine groups is 1. The van der Waals surface area contributed by atoms with Crippen LogP contribution in [0.3, 0.4) is 0 Å². The third-order valence-electron chi connectivity index (χ3n) is 4.16. The summed E-state index contributed by atoms with van der Waals surface area (Å²) < 4.78 is 5.23. The van der Waals surface area contributed by atoms with Gasteiger partial charge in [-0.2, -0.15) is 0 Å². The summed E-state index contributed by atoms with van der Waals surface area (Å²) in [6.45, 7) is 3.18. The van der Waals surface area contributed by atoms with Crippen LogP contribution in [-0.2, 0) is 11.3 Å². The zero-order valence-electron chi connectivity index (χ0n) is 14.4. The van der Waals surface area contributed by atoms with E-state index >= 15 is 0 Å². The van der Waals surface area contributed by atoms with E-state index in [1.165, 1.54) is 23.8 Å². The number of nitrogens with zero attached hydrogens (tertiary/aromatic N) is 2. The van der Waals surface area contributed by atoms with Gasteiger partial charge in [-0.3, -0.25) is 15.1 Å². The minimum atomic E-state index is -0.480. The molecule has 1 N–H and O–H groups in total. The Morgan fingerprint density at radius 2 is 2.12 bits per heavy atom. The molecule has 0 unspecified atom stereocenters. The van der Waals surface area contributed by atoms with Crippen LogP contribution in [0.4, 0.5) is 5.69 Å². The van der Waals surface area contributed by atoms with Gasteiger partial charge in [0.15, 0.2) is 0 Å². The van der Waals surface area contributed by atoms with Crippen LogP contribution in [0.2, 0.25) is 0 Å². The fraction of sp³-hybridized carbons (Fsp3) is 0.263. The Morgan fingerprint density at radius 3 is 2.88 bits per heavy atom. The summed E-state index contributed by atoms with van der Waals surface area (Å²) in [6, 6.07) is 12.3. The number of nitrogens with one attached hydrogen (secondary N) is 1. The van der Waals surface area contributed by atoms with E-state index in [2.05, 4.69) is 16.4 Å². The topological polar surface area (TPSA) is 93.8 Å². The molecule has 1 heterocycles. The predicted molar refractivity (Wildman–Crippen MR) is 97.4 cm³/mol. The highest BCUT2D eigenvalue weighted by Gasteiger charge is 2.15. The first-order valence-corrected chi connectivity index (χ1v) is 8.35. The van der Waals surface area contributed by atoms with Gasteiger partial charge in [-0.05, 0) is 31.0 Å². The van der Waals surface area contributed by atoms with Gasteiger partial charge in [0.1, 0.15) is 5.84 Å². The van der Waals surface area contributed by atoms with Crippen LogP contribution in [0.25, 0.3) is 0 Å². The third-order valence-corrected chi connectivity index (χ3v) is 4.16. The number of esters is 1. The molecule has 0 spiro atoms. The lowest BCUT2D eigenvalue weighted by Crippen LogP contribution is -2.25. The number of ether oxygens (including phenoxy) is 1. The van der Waals surface area contributed by atoms with Crippen molar-refractivity contribution in [1.82, 2.24) is 5.32 Å². The summed E-state index contributed by atoms with van der Waals surface area (Å²) in [6.07, 6.45) is 0.638. The molecule has 0 saturated heterocycles. The Hall–Kier alpha value is -3.22. The molecule has 7 nitrogen and oxygen atoms in total. The number of nitro groups is 1. The summed E-state index contributed by atoms with van der Waals surface area (Å²) in [4.78, 5) is 26.8. The highest BCUT2D eigenvalue weighted by molar-refractivity contribution is 6.01. The molecule has 2 aromatic rings. The van der Waals surface area contributed by atoms with Crippen LogP contribution in [0.1, 0.15) is 33.5 Å². The number of carbonyl (C=O) groups excluding carboxylic acids is 1. The monoisotopic (exact) mass is 353 g/mol. The molecule has 0 bridgehead atoms. The molecule has 134 valence electrons. The molecular formula is C19H19N3O4. The molecule has 0 aromatic heterocycles. The molecule has 0 amide bonds. The Morgan fingerprint density at radius 1 is 1.31 bits per heavy atom. The standard InChI is InChI=1S/C19H19N3O4/c1-13-11-14(7-8-17(13)22(24)25)19(23)26-10-4-9-20-18-16-6-3-2-5-15(16)12-21-18/h2-3,5-8,11H,4,9-10,12H2,1H3,(H,20,21). The summed E-state index contributed by atoms with van der Waals surface area (Å²) in [5.41, 5.74) is 3.06. The van der Waals surface area contributed by atoms with Gasteiger partial charge < -0.3 is 10.1 Å². The van der Waals surface area contributed by atoms with Crippen LogP contribution in [-0.4, -0.2) is 29.9 Å². The lowest BCUT2D eigenvalue weighted by Gasteiger charge is -2.08. The van der Waals surface area contributed by atoms with Crippen LogP contribution < -0.4 is 5.32 Å². The van der Waals surface area contributed by atoms with Gasteiger partial charge in [-0.1, -0.05) is 24.3 Å². The molecule has 2 aromatic carbocycles. The van der Waals surface area contributed by atoms with E-state index in [1.54, 1.807) is 6.92 Å². The molecule has 0 fully saturated rings. The Labute approximate surface area is 150 Å². The SMILES string of the molecule is Cc1cc(C(=O)OCCCNC2=NCc3ccccc32)ccc1[N+](=O)[O-]. The number of fused-ring (bicyclic) bond motifs is 1. The van der Waals surface area contributed by atoms with E-state index in [1.807, 2.05) is 18.2 Å². The first-order chi connectivity index (χ1) is 12.6. The second kappa shape index (κ2) is 7.77. The van der Waals surface area contributed by atoms with Gasteiger partial charge in [-0.15, -0.1) is 0 Å². The van der Waals surface area contributed by atoms with E-state index in [-0.39, 0.29) is 12.3 Å². The maximum atomic E-state index is 12.0. The maximum absolute atomic E-state index is 12.0. The minimum Gasteiger partial charge on any atom is -0.462 e. The van der Waals surface area contributed by atoms with Crippen molar-refractivity contribution < 1.29 is 14.5 Å². The second-order valence-corrected chi connectivity index (χ2v) is 6.00. The number of hydrogen-bond acceptors (Lipinski definition) is 6. The molecular weight excluding hydrogens is 334 g/mol.